The molecule has 0 N–H and O–H groups in total. The molecule has 0 radical (unpaired) electrons. The van der Waals surface area contributed by atoms with E-state index in [4.69, 9.17) is 0 Å². The lowest BCUT2D eigenvalue weighted by atomic mass is 9.91. The van der Waals surface area contributed by atoms with Crippen LogP contribution in [0.2, 0.25) is 0 Å². The fraction of sp³-hybridized carbons (Fsp3) is 0. The van der Waals surface area contributed by atoms with Crippen LogP contribution in [0.3, 0.4) is 0 Å². The summed E-state index contributed by atoms with van der Waals surface area (Å²) < 4.78 is 0. The topological polar surface area (TPSA) is 0 Å². The first-order chi connectivity index (χ1) is 22.8. The van der Waals surface area contributed by atoms with E-state index < -0.39 is 7.61 Å². The SMILES string of the molecule is PP(c1c(-c2ccccc2)c(-c2ccccc2)cc2ccccc12)c1c(-c2ccccc2)c(-c2ccccc2)cc2ccccc12. The molecule has 0 saturated carbocycles. The van der Waals surface area contributed by atoms with Gasteiger partial charge >= 0.3 is 0 Å². The molecule has 8 aromatic rings. The monoisotopic (exact) mass is 622 g/mol. The largest absolute Gasteiger partial charge is 0.102 e. The molecule has 0 fully saturated rings. The van der Waals surface area contributed by atoms with E-state index in [1.807, 2.05) is 0 Å². The van der Waals surface area contributed by atoms with Gasteiger partial charge in [0, 0.05) is 10.6 Å². The number of rotatable bonds is 6. The van der Waals surface area contributed by atoms with E-state index in [-0.39, 0.29) is 0 Å². The molecule has 0 bridgehead atoms. The maximum absolute atomic E-state index is 3.39. The molecule has 1 atom stereocenters. The lowest BCUT2D eigenvalue weighted by molar-refractivity contribution is 1.61. The molecule has 218 valence electrons. The average molecular weight is 623 g/mol. The zero-order chi connectivity index (χ0) is 30.9. The fourth-order valence-electron chi connectivity index (χ4n) is 6.75. The van der Waals surface area contributed by atoms with Crippen LogP contribution in [0, 0.1) is 0 Å². The molecule has 0 aliphatic carbocycles. The van der Waals surface area contributed by atoms with Gasteiger partial charge in [0.05, 0.1) is 0 Å². The van der Waals surface area contributed by atoms with E-state index in [1.54, 1.807) is 0 Å². The van der Waals surface area contributed by atoms with Crippen LogP contribution in [0.25, 0.3) is 66.1 Å². The molecule has 46 heavy (non-hydrogen) atoms. The summed E-state index contributed by atoms with van der Waals surface area (Å²) in [6.45, 7) is 0. The van der Waals surface area contributed by atoms with Crippen LogP contribution in [0.4, 0.5) is 0 Å². The smallest absolute Gasteiger partial charge is 0.000590 e. The van der Waals surface area contributed by atoms with Gasteiger partial charge in [-0.2, -0.15) is 0 Å². The molecular formula is C44H32P2. The van der Waals surface area contributed by atoms with Crippen molar-refractivity contribution in [2.75, 3.05) is 0 Å². The Morgan fingerprint density at radius 3 is 1.00 bits per heavy atom. The summed E-state index contributed by atoms with van der Waals surface area (Å²) in [6, 6.07) is 66.3. The van der Waals surface area contributed by atoms with E-state index in [9.17, 15) is 0 Å². The van der Waals surface area contributed by atoms with Gasteiger partial charge in [-0.3, -0.25) is 0 Å². The zero-order valence-electron chi connectivity index (χ0n) is 25.3. The summed E-state index contributed by atoms with van der Waals surface area (Å²) in [5, 5.41) is 7.89. The van der Waals surface area contributed by atoms with Crippen LogP contribution in [0.15, 0.2) is 182 Å². The molecule has 0 spiro atoms. The van der Waals surface area contributed by atoms with E-state index in [1.165, 1.54) is 76.7 Å². The second-order valence-corrected chi connectivity index (χ2v) is 14.8. The minimum atomic E-state index is -0.956. The van der Waals surface area contributed by atoms with Crippen molar-refractivity contribution in [2.24, 2.45) is 0 Å². The van der Waals surface area contributed by atoms with Gasteiger partial charge in [-0.1, -0.05) is 170 Å². The van der Waals surface area contributed by atoms with E-state index in [0.717, 1.165) is 0 Å². The summed E-state index contributed by atoms with van der Waals surface area (Å²) in [5.41, 5.74) is 10.1. The van der Waals surface area contributed by atoms with Crippen LogP contribution in [-0.2, 0) is 0 Å². The Labute approximate surface area is 274 Å². The predicted molar refractivity (Wildman–Crippen MR) is 206 cm³/mol. The maximum atomic E-state index is 3.39. The summed E-state index contributed by atoms with van der Waals surface area (Å²) in [5.74, 6) is 0. The average Bonchev–Trinajstić information content (AvgIpc) is 3.14. The summed E-state index contributed by atoms with van der Waals surface area (Å²) >= 11 is 0. The highest BCUT2D eigenvalue weighted by atomic mass is 32.0. The Morgan fingerprint density at radius 2 is 0.630 bits per heavy atom. The molecule has 8 rings (SSSR count). The van der Waals surface area contributed by atoms with Gasteiger partial charge in [0.2, 0.25) is 0 Å². The van der Waals surface area contributed by atoms with Crippen molar-refractivity contribution in [3.63, 3.8) is 0 Å². The first kappa shape index (κ1) is 28.6. The second kappa shape index (κ2) is 12.5. The van der Waals surface area contributed by atoms with Gasteiger partial charge in [-0.05, 0) is 85.8 Å². The first-order valence-electron chi connectivity index (χ1n) is 15.7. The third-order valence-electron chi connectivity index (χ3n) is 8.82. The molecule has 2 heteroatoms. The van der Waals surface area contributed by atoms with Crippen molar-refractivity contribution in [3.8, 4) is 44.5 Å². The molecule has 0 amide bonds. The van der Waals surface area contributed by atoms with Crippen molar-refractivity contribution in [1.29, 1.82) is 0 Å². The Balaban J connectivity index is 1.54. The van der Waals surface area contributed by atoms with Crippen LogP contribution in [-0.4, -0.2) is 0 Å². The quantitative estimate of drug-likeness (QED) is 0.162. The van der Waals surface area contributed by atoms with E-state index in [2.05, 4.69) is 191 Å². The molecule has 1 unspecified atom stereocenters. The molecule has 0 nitrogen and oxygen atoms in total. The molecule has 0 aliphatic heterocycles. The van der Waals surface area contributed by atoms with Crippen molar-refractivity contribution in [2.45, 2.75) is 0 Å². The van der Waals surface area contributed by atoms with Crippen LogP contribution in [0.1, 0.15) is 0 Å². The summed E-state index contributed by atoms with van der Waals surface area (Å²) in [4.78, 5) is 0. The summed E-state index contributed by atoms with van der Waals surface area (Å²) in [6.07, 6.45) is 0. The molecular weight excluding hydrogens is 590 g/mol. The van der Waals surface area contributed by atoms with Gasteiger partial charge < -0.3 is 0 Å². The van der Waals surface area contributed by atoms with Gasteiger partial charge in [0.15, 0.2) is 0 Å². The van der Waals surface area contributed by atoms with Crippen LogP contribution >= 0.6 is 16.5 Å². The Morgan fingerprint density at radius 1 is 0.326 bits per heavy atom. The van der Waals surface area contributed by atoms with Gasteiger partial charge in [0.1, 0.15) is 0 Å². The molecule has 8 aromatic carbocycles. The zero-order valence-corrected chi connectivity index (χ0v) is 27.4. The fourth-order valence-corrected chi connectivity index (χ4v) is 10.5. The highest BCUT2D eigenvalue weighted by molar-refractivity contribution is 8.22. The number of hydrogen-bond donors (Lipinski definition) is 0. The predicted octanol–water partition coefficient (Wildman–Crippen LogP) is 11.9. The van der Waals surface area contributed by atoms with Crippen molar-refractivity contribution in [3.05, 3.63) is 182 Å². The van der Waals surface area contributed by atoms with Crippen LogP contribution < -0.4 is 10.6 Å². The second-order valence-electron chi connectivity index (χ2n) is 11.6. The lowest BCUT2D eigenvalue weighted by Crippen LogP contribution is -2.17. The first-order valence-corrected chi connectivity index (χ1v) is 18.6. The Kier molecular flexibility index (Phi) is 7.77. The third kappa shape index (κ3) is 5.15. The maximum Gasteiger partial charge on any atom is 0.000590 e. The van der Waals surface area contributed by atoms with Gasteiger partial charge in [-0.15, -0.1) is 8.93 Å². The Bertz CT molecular complexity index is 2130. The minimum absolute atomic E-state index is 0.956. The minimum Gasteiger partial charge on any atom is -0.102 e. The molecule has 0 saturated heterocycles. The Hall–Kier alpha value is -4.86. The third-order valence-corrected chi connectivity index (χ3v) is 12.3. The van der Waals surface area contributed by atoms with Crippen molar-refractivity contribution >= 4 is 48.7 Å². The van der Waals surface area contributed by atoms with E-state index >= 15 is 0 Å². The van der Waals surface area contributed by atoms with Gasteiger partial charge in [0.25, 0.3) is 0 Å². The normalized spacial score (nSPS) is 11.3. The van der Waals surface area contributed by atoms with Crippen molar-refractivity contribution < 1.29 is 0 Å². The molecule has 0 aliphatic rings. The lowest BCUT2D eigenvalue weighted by Gasteiger charge is -2.28. The van der Waals surface area contributed by atoms with Gasteiger partial charge in [-0.25, -0.2) is 0 Å². The number of fused-ring (bicyclic) bond motifs is 2. The summed E-state index contributed by atoms with van der Waals surface area (Å²) in [7, 11) is 2.43. The van der Waals surface area contributed by atoms with Crippen LogP contribution in [0.5, 0.6) is 0 Å². The van der Waals surface area contributed by atoms with E-state index in [0.29, 0.717) is 0 Å². The highest BCUT2D eigenvalue weighted by Gasteiger charge is 2.27. The number of hydrogen-bond acceptors (Lipinski definition) is 0. The standard InChI is InChI=1S/C44H32P2/c45-46(43-37-27-15-13-25-35(37)29-39(31-17-5-1-6-18-31)41(43)33-21-9-3-10-22-33)44-38-28-16-14-26-36(38)30-40(32-19-7-2-8-20-32)42(44)34-23-11-4-12-24-34/h1-30H,45H2. The molecule has 0 aromatic heterocycles. The van der Waals surface area contributed by atoms with Crippen molar-refractivity contribution in [1.82, 2.24) is 0 Å². The molecule has 0 heterocycles. The number of benzene rings is 8. The highest BCUT2D eigenvalue weighted by Crippen LogP contribution is 2.54.